The lowest BCUT2D eigenvalue weighted by molar-refractivity contribution is -0.139. The van der Waals surface area contributed by atoms with E-state index in [2.05, 4.69) is 37.1 Å². The summed E-state index contributed by atoms with van der Waals surface area (Å²) in [5.41, 5.74) is 4.29. The van der Waals surface area contributed by atoms with E-state index in [4.69, 9.17) is 9.47 Å². The quantitative estimate of drug-likeness (QED) is 0.198. The molecule has 0 aliphatic rings. The largest absolute Gasteiger partial charge is 0.483 e. The number of nitrogens with zero attached hydrogens (tertiary/aromatic N) is 1. The van der Waals surface area contributed by atoms with Crippen molar-refractivity contribution in [2.24, 2.45) is 5.10 Å². The van der Waals surface area contributed by atoms with Crippen LogP contribution in [-0.4, -0.2) is 50.8 Å². The van der Waals surface area contributed by atoms with Crippen LogP contribution in [0.15, 0.2) is 52.0 Å². The standard InChI is InChI=1S/C22H25BrN4O5/c1-15-12-17(23)8-9-18(15)26-20(28)14-32-19-7-4-3-6-16(19)13-25-27-22(30)21(29)24-10-5-11-31-2/h3-4,6-9,12-13H,5,10-11,14H2,1-2H3,(H,24,29)(H,26,28)(H,27,30)/b25-13-. The summed E-state index contributed by atoms with van der Waals surface area (Å²) in [6.07, 6.45) is 1.93. The summed E-state index contributed by atoms with van der Waals surface area (Å²) in [5, 5.41) is 9.04. The van der Waals surface area contributed by atoms with Gasteiger partial charge < -0.3 is 20.1 Å². The number of anilines is 1. The fraction of sp³-hybridized carbons (Fsp3) is 0.273. The summed E-state index contributed by atoms with van der Waals surface area (Å²) in [6.45, 7) is 2.48. The minimum Gasteiger partial charge on any atom is -0.483 e. The van der Waals surface area contributed by atoms with Gasteiger partial charge in [-0.25, -0.2) is 5.43 Å². The number of halogens is 1. The second-order valence-corrected chi connectivity index (χ2v) is 7.55. The van der Waals surface area contributed by atoms with Crippen LogP contribution in [0, 0.1) is 6.92 Å². The topological polar surface area (TPSA) is 118 Å². The first-order valence-corrected chi connectivity index (χ1v) is 10.6. The molecule has 0 aromatic heterocycles. The van der Waals surface area contributed by atoms with Crippen LogP contribution in [0.3, 0.4) is 0 Å². The second-order valence-electron chi connectivity index (χ2n) is 6.64. The molecule has 3 N–H and O–H groups in total. The van der Waals surface area contributed by atoms with Crippen molar-refractivity contribution in [3.05, 3.63) is 58.1 Å². The number of carbonyl (C=O) groups is 3. The highest BCUT2D eigenvalue weighted by atomic mass is 79.9. The first kappa shape index (κ1) is 25.0. The molecule has 0 atom stereocenters. The molecule has 3 amide bonds. The molecule has 0 radical (unpaired) electrons. The van der Waals surface area contributed by atoms with Crippen molar-refractivity contribution in [3.63, 3.8) is 0 Å². The van der Waals surface area contributed by atoms with Crippen LogP contribution in [0.25, 0.3) is 0 Å². The van der Waals surface area contributed by atoms with Gasteiger partial charge in [-0.3, -0.25) is 14.4 Å². The van der Waals surface area contributed by atoms with Crippen molar-refractivity contribution in [2.45, 2.75) is 13.3 Å². The van der Waals surface area contributed by atoms with Crippen LogP contribution in [0.4, 0.5) is 5.69 Å². The maximum absolute atomic E-state index is 12.2. The first-order valence-electron chi connectivity index (χ1n) is 9.78. The fourth-order valence-corrected chi connectivity index (χ4v) is 3.00. The molecule has 0 fully saturated rings. The van der Waals surface area contributed by atoms with Crippen molar-refractivity contribution in [1.82, 2.24) is 10.7 Å². The van der Waals surface area contributed by atoms with E-state index in [1.807, 2.05) is 19.1 Å². The van der Waals surface area contributed by atoms with Crippen molar-refractivity contribution in [1.29, 1.82) is 0 Å². The smallest absolute Gasteiger partial charge is 0.329 e. The third-order valence-corrected chi connectivity index (χ3v) is 4.62. The Morgan fingerprint density at radius 2 is 1.91 bits per heavy atom. The Kier molecular flexibility index (Phi) is 10.3. The molecule has 0 unspecified atom stereocenters. The maximum atomic E-state index is 12.2. The number of hydrogen-bond donors (Lipinski definition) is 3. The lowest BCUT2D eigenvalue weighted by Crippen LogP contribution is -2.38. The van der Waals surface area contributed by atoms with Crippen LogP contribution >= 0.6 is 15.9 Å². The van der Waals surface area contributed by atoms with Crippen LogP contribution in [0.2, 0.25) is 0 Å². The Labute approximate surface area is 194 Å². The molecule has 2 aromatic carbocycles. The summed E-state index contributed by atoms with van der Waals surface area (Å²) in [4.78, 5) is 35.7. The van der Waals surface area contributed by atoms with Crippen molar-refractivity contribution in [2.75, 3.05) is 32.2 Å². The average Bonchev–Trinajstić information content (AvgIpc) is 2.77. The monoisotopic (exact) mass is 504 g/mol. The molecule has 0 saturated heterocycles. The Morgan fingerprint density at radius 1 is 1.12 bits per heavy atom. The molecule has 0 aliphatic carbocycles. The van der Waals surface area contributed by atoms with E-state index in [9.17, 15) is 14.4 Å². The van der Waals surface area contributed by atoms with E-state index >= 15 is 0 Å². The van der Waals surface area contributed by atoms with Gasteiger partial charge in [0.1, 0.15) is 5.75 Å². The lowest BCUT2D eigenvalue weighted by Gasteiger charge is -2.11. The zero-order chi connectivity index (χ0) is 23.3. The van der Waals surface area contributed by atoms with E-state index in [1.54, 1.807) is 37.4 Å². The normalized spacial score (nSPS) is 10.6. The van der Waals surface area contributed by atoms with Crippen molar-refractivity contribution >= 4 is 45.6 Å². The van der Waals surface area contributed by atoms with Crippen LogP contribution in [-0.2, 0) is 19.1 Å². The third-order valence-electron chi connectivity index (χ3n) is 4.13. The number of hydrogen-bond acceptors (Lipinski definition) is 6. The number of aryl methyl sites for hydroxylation is 1. The summed E-state index contributed by atoms with van der Waals surface area (Å²) in [6, 6.07) is 12.4. The van der Waals surface area contributed by atoms with Gasteiger partial charge in [0.2, 0.25) is 0 Å². The molecule has 2 rings (SSSR count). The van der Waals surface area contributed by atoms with Crippen molar-refractivity contribution < 1.29 is 23.9 Å². The average molecular weight is 505 g/mol. The van der Waals surface area contributed by atoms with Gasteiger partial charge in [0.05, 0.1) is 6.21 Å². The van der Waals surface area contributed by atoms with Gasteiger partial charge in [-0.05, 0) is 49.2 Å². The molecule has 0 heterocycles. The van der Waals surface area contributed by atoms with E-state index in [-0.39, 0.29) is 12.5 Å². The molecule has 0 spiro atoms. The second kappa shape index (κ2) is 13.2. The highest BCUT2D eigenvalue weighted by Gasteiger charge is 2.12. The predicted octanol–water partition coefficient (Wildman–Crippen LogP) is 2.38. The minimum absolute atomic E-state index is 0.212. The molecule has 32 heavy (non-hydrogen) atoms. The van der Waals surface area contributed by atoms with E-state index in [0.29, 0.717) is 36.6 Å². The number of para-hydroxylation sites is 1. The van der Waals surface area contributed by atoms with Gasteiger partial charge in [0, 0.05) is 36.0 Å². The number of rotatable bonds is 10. The van der Waals surface area contributed by atoms with E-state index in [0.717, 1.165) is 10.0 Å². The van der Waals surface area contributed by atoms with Crippen molar-refractivity contribution in [3.8, 4) is 5.75 Å². The molecular formula is C22H25BrN4O5. The zero-order valence-corrected chi connectivity index (χ0v) is 19.4. The summed E-state index contributed by atoms with van der Waals surface area (Å²) in [5.74, 6) is -1.60. The van der Waals surface area contributed by atoms with Gasteiger partial charge in [-0.1, -0.05) is 28.1 Å². The van der Waals surface area contributed by atoms with Gasteiger partial charge >= 0.3 is 11.8 Å². The Balaban J connectivity index is 1.87. The highest BCUT2D eigenvalue weighted by molar-refractivity contribution is 9.10. The maximum Gasteiger partial charge on any atom is 0.329 e. The predicted molar refractivity (Wildman–Crippen MR) is 125 cm³/mol. The van der Waals surface area contributed by atoms with Crippen LogP contribution in [0.5, 0.6) is 5.75 Å². The SMILES string of the molecule is COCCCNC(=O)C(=O)N/N=C\c1ccccc1OCC(=O)Nc1ccc(Br)cc1C. The molecule has 0 saturated carbocycles. The number of benzene rings is 2. The summed E-state index contributed by atoms with van der Waals surface area (Å²) >= 11 is 3.38. The fourth-order valence-electron chi connectivity index (χ4n) is 2.53. The van der Waals surface area contributed by atoms with E-state index in [1.165, 1.54) is 6.21 Å². The van der Waals surface area contributed by atoms with Gasteiger partial charge in [-0.15, -0.1) is 0 Å². The summed E-state index contributed by atoms with van der Waals surface area (Å²) in [7, 11) is 1.56. The highest BCUT2D eigenvalue weighted by Crippen LogP contribution is 2.20. The molecule has 0 bridgehead atoms. The molecule has 0 aliphatic heterocycles. The molecular weight excluding hydrogens is 480 g/mol. The van der Waals surface area contributed by atoms with Crippen LogP contribution < -0.4 is 20.8 Å². The Morgan fingerprint density at radius 3 is 2.66 bits per heavy atom. The molecule has 9 nitrogen and oxygen atoms in total. The Bertz CT molecular complexity index is 981. The Hall–Kier alpha value is -3.24. The number of methoxy groups -OCH3 is 1. The number of ether oxygens (including phenoxy) is 2. The number of carbonyl (C=O) groups excluding carboxylic acids is 3. The van der Waals surface area contributed by atoms with E-state index < -0.39 is 11.8 Å². The number of amides is 3. The van der Waals surface area contributed by atoms with Gasteiger partial charge in [0.15, 0.2) is 6.61 Å². The third kappa shape index (κ3) is 8.48. The summed E-state index contributed by atoms with van der Waals surface area (Å²) < 4.78 is 11.4. The molecule has 2 aromatic rings. The zero-order valence-electron chi connectivity index (χ0n) is 17.8. The molecule has 10 heteroatoms. The first-order chi connectivity index (χ1) is 15.4. The number of hydrazone groups is 1. The van der Waals surface area contributed by atoms with Gasteiger partial charge in [0.25, 0.3) is 5.91 Å². The van der Waals surface area contributed by atoms with Crippen LogP contribution in [0.1, 0.15) is 17.5 Å². The minimum atomic E-state index is -0.888. The number of nitrogens with one attached hydrogen (secondary N) is 3. The van der Waals surface area contributed by atoms with Gasteiger partial charge in [-0.2, -0.15) is 5.10 Å². The lowest BCUT2D eigenvalue weighted by atomic mass is 10.2. The molecule has 170 valence electrons.